The molecule has 0 aliphatic rings. The standard InChI is InChI=1S/C26H46N2O2/c1-2-3-4-5-6-7-8-9-10-11-12-13-14-15-16-17-22-27-26(30)28-23-24-18-20-25(29)21-19-24/h18-21,29H,2-17,22-23H2,1H3,(H2,27,28,30). The summed E-state index contributed by atoms with van der Waals surface area (Å²) in [5.41, 5.74) is 0.977. The van der Waals surface area contributed by atoms with E-state index in [9.17, 15) is 9.90 Å². The van der Waals surface area contributed by atoms with Gasteiger partial charge in [-0.2, -0.15) is 0 Å². The van der Waals surface area contributed by atoms with Crippen LogP contribution in [0.4, 0.5) is 4.79 Å². The number of urea groups is 1. The summed E-state index contributed by atoms with van der Waals surface area (Å²) in [6, 6.07) is 6.76. The summed E-state index contributed by atoms with van der Waals surface area (Å²) in [6.07, 6.45) is 21.7. The van der Waals surface area contributed by atoms with Gasteiger partial charge in [-0.1, -0.05) is 115 Å². The van der Waals surface area contributed by atoms with Crippen LogP contribution in [0.3, 0.4) is 0 Å². The highest BCUT2D eigenvalue weighted by molar-refractivity contribution is 5.73. The van der Waals surface area contributed by atoms with Gasteiger partial charge >= 0.3 is 6.03 Å². The SMILES string of the molecule is CCCCCCCCCCCCCCCCCCNC(=O)NCc1ccc(O)cc1. The third kappa shape index (κ3) is 16.1. The Labute approximate surface area is 185 Å². The van der Waals surface area contributed by atoms with Gasteiger partial charge in [0.2, 0.25) is 0 Å². The van der Waals surface area contributed by atoms with Crippen molar-refractivity contribution in [1.82, 2.24) is 10.6 Å². The van der Waals surface area contributed by atoms with Gasteiger partial charge in [0.1, 0.15) is 5.75 Å². The molecule has 2 amide bonds. The van der Waals surface area contributed by atoms with Gasteiger partial charge in [0.25, 0.3) is 0 Å². The zero-order chi connectivity index (χ0) is 21.7. The smallest absolute Gasteiger partial charge is 0.315 e. The van der Waals surface area contributed by atoms with Crippen LogP contribution in [0.2, 0.25) is 0 Å². The predicted molar refractivity (Wildman–Crippen MR) is 128 cm³/mol. The minimum atomic E-state index is -0.121. The minimum absolute atomic E-state index is 0.121. The fourth-order valence-corrected chi connectivity index (χ4v) is 3.73. The van der Waals surface area contributed by atoms with Gasteiger partial charge in [0.15, 0.2) is 0 Å². The lowest BCUT2D eigenvalue weighted by Gasteiger charge is -2.08. The first-order valence-corrected chi connectivity index (χ1v) is 12.5. The first-order chi connectivity index (χ1) is 14.7. The number of aromatic hydroxyl groups is 1. The van der Waals surface area contributed by atoms with Gasteiger partial charge in [-0.15, -0.1) is 0 Å². The minimum Gasteiger partial charge on any atom is -0.508 e. The summed E-state index contributed by atoms with van der Waals surface area (Å²) < 4.78 is 0. The Bertz CT molecular complexity index is 516. The molecule has 3 N–H and O–H groups in total. The molecule has 0 aliphatic heterocycles. The molecule has 1 rings (SSSR count). The summed E-state index contributed by atoms with van der Waals surface area (Å²) >= 11 is 0. The molecule has 0 aliphatic carbocycles. The Hall–Kier alpha value is -1.71. The van der Waals surface area contributed by atoms with E-state index >= 15 is 0 Å². The molecule has 0 bridgehead atoms. The molecule has 1 aromatic rings. The van der Waals surface area contributed by atoms with Gasteiger partial charge < -0.3 is 15.7 Å². The van der Waals surface area contributed by atoms with Gasteiger partial charge in [-0.25, -0.2) is 4.79 Å². The highest BCUT2D eigenvalue weighted by Gasteiger charge is 2.00. The molecule has 0 atom stereocenters. The fourth-order valence-electron chi connectivity index (χ4n) is 3.73. The topological polar surface area (TPSA) is 61.4 Å². The Morgan fingerprint density at radius 3 is 1.57 bits per heavy atom. The van der Waals surface area contributed by atoms with Gasteiger partial charge in [-0.05, 0) is 24.1 Å². The summed E-state index contributed by atoms with van der Waals surface area (Å²) in [7, 11) is 0. The van der Waals surface area contributed by atoms with Crippen LogP contribution in [0.25, 0.3) is 0 Å². The van der Waals surface area contributed by atoms with Gasteiger partial charge in [0.05, 0.1) is 0 Å². The average Bonchev–Trinajstić information content (AvgIpc) is 2.75. The van der Waals surface area contributed by atoms with E-state index in [-0.39, 0.29) is 11.8 Å². The first-order valence-electron chi connectivity index (χ1n) is 12.5. The Morgan fingerprint density at radius 2 is 1.10 bits per heavy atom. The molecule has 30 heavy (non-hydrogen) atoms. The Morgan fingerprint density at radius 1 is 0.667 bits per heavy atom. The zero-order valence-corrected chi connectivity index (χ0v) is 19.4. The molecular formula is C26H46N2O2. The predicted octanol–water partition coefficient (Wildman–Crippen LogP) is 7.45. The molecule has 172 valence electrons. The van der Waals surface area contributed by atoms with E-state index in [1.807, 2.05) is 12.1 Å². The molecule has 0 heterocycles. The molecular weight excluding hydrogens is 372 g/mol. The van der Waals surface area contributed by atoms with Gasteiger partial charge in [0, 0.05) is 13.1 Å². The number of nitrogens with one attached hydrogen (secondary N) is 2. The van der Waals surface area contributed by atoms with Crippen LogP contribution in [0.5, 0.6) is 5.75 Å². The maximum Gasteiger partial charge on any atom is 0.315 e. The van der Waals surface area contributed by atoms with Crippen molar-refractivity contribution >= 4 is 6.03 Å². The molecule has 4 heteroatoms. The van der Waals surface area contributed by atoms with Crippen LogP contribution in [0, 0.1) is 0 Å². The maximum atomic E-state index is 11.8. The third-order valence-corrected chi connectivity index (χ3v) is 5.71. The lowest BCUT2D eigenvalue weighted by molar-refractivity contribution is 0.240. The first kappa shape index (κ1) is 26.3. The molecule has 0 fully saturated rings. The van der Waals surface area contributed by atoms with Crippen molar-refractivity contribution < 1.29 is 9.90 Å². The summed E-state index contributed by atoms with van der Waals surface area (Å²) in [5.74, 6) is 0.242. The van der Waals surface area contributed by atoms with Crippen LogP contribution in [-0.2, 0) is 6.54 Å². The molecule has 0 radical (unpaired) electrons. The normalized spacial score (nSPS) is 10.8. The second-order valence-electron chi connectivity index (χ2n) is 8.58. The summed E-state index contributed by atoms with van der Waals surface area (Å²) in [5, 5.41) is 15.0. The Kier molecular flexibility index (Phi) is 16.9. The Balaban J connectivity index is 1.77. The number of unbranched alkanes of at least 4 members (excludes halogenated alkanes) is 15. The van der Waals surface area contributed by atoms with E-state index < -0.39 is 0 Å². The van der Waals surface area contributed by atoms with Crippen LogP contribution in [0.15, 0.2) is 24.3 Å². The van der Waals surface area contributed by atoms with Crippen molar-refractivity contribution in [2.24, 2.45) is 0 Å². The van der Waals surface area contributed by atoms with Crippen LogP contribution < -0.4 is 10.6 Å². The van der Waals surface area contributed by atoms with Crippen molar-refractivity contribution in [2.75, 3.05) is 6.54 Å². The number of hydrogen-bond acceptors (Lipinski definition) is 2. The number of amides is 2. The van der Waals surface area contributed by atoms with E-state index in [1.165, 1.54) is 96.3 Å². The summed E-state index contributed by atoms with van der Waals surface area (Å²) in [4.78, 5) is 11.8. The number of phenolic OH excluding ortho intramolecular Hbond substituents is 1. The molecule has 1 aromatic carbocycles. The molecule has 0 unspecified atom stereocenters. The highest BCUT2D eigenvalue weighted by Crippen LogP contribution is 2.13. The lowest BCUT2D eigenvalue weighted by atomic mass is 10.0. The number of carbonyl (C=O) groups is 1. The van der Waals surface area contributed by atoms with Crippen LogP contribution in [-0.4, -0.2) is 17.7 Å². The summed E-state index contributed by atoms with van der Waals surface area (Å²) in [6.45, 7) is 3.49. The quantitative estimate of drug-likeness (QED) is 0.204. The molecule has 0 saturated carbocycles. The molecule has 4 nitrogen and oxygen atoms in total. The molecule has 0 spiro atoms. The number of carbonyl (C=O) groups excluding carboxylic acids is 1. The largest absolute Gasteiger partial charge is 0.508 e. The second kappa shape index (κ2) is 19.3. The highest BCUT2D eigenvalue weighted by atomic mass is 16.3. The fraction of sp³-hybridized carbons (Fsp3) is 0.731. The third-order valence-electron chi connectivity index (χ3n) is 5.71. The lowest BCUT2D eigenvalue weighted by Crippen LogP contribution is -2.35. The molecule has 0 saturated heterocycles. The van der Waals surface area contributed by atoms with Crippen molar-refractivity contribution in [3.05, 3.63) is 29.8 Å². The van der Waals surface area contributed by atoms with E-state index in [2.05, 4.69) is 17.6 Å². The van der Waals surface area contributed by atoms with Crippen LogP contribution in [0.1, 0.15) is 115 Å². The van der Waals surface area contributed by atoms with Crippen molar-refractivity contribution in [3.63, 3.8) is 0 Å². The second-order valence-corrected chi connectivity index (χ2v) is 8.58. The maximum absolute atomic E-state index is 11.8. The van der Waals surface area contributed by atoms with Crippen molar-refractivity contribution in [2.45, 2.75) is 116 Å². The monoisotopic (exact) mass is 418 g/mol. The number of benzene rings is 1. The van der Waals surface area contributed by atoms with Crippen molar-refractivity contribution in [3.8, 4) is 5.75 Å². The van der Waals surface area contributed by atoms with E-state index in [0.717, 1.165) is 18.5 Å². The van der Waals surface area contributed by atoms with E-state index in [4.69, 9.17) is 0 Å². The van der Waals surface area contributed by atoms with Gasteiger partial charge in [-0.3, -0.25) is 0 Å². The molecule has 0 aromatic heterocycles. The zero-order valence-electron chi connectivity index (χ0n) is 19.4. The number of hydrogen-bond donors (Lipinski definition) is 3. The number of phenols is 1. The van der Waals surface area contributed by atoms with Crippen molar-refractivity contribution in [1.29, 1.82) is 0 Å². The number of rotatable bonds is 19. The van der Waals surface area contributed by atoms with E-state index in [1.54, 1.807) is 12.1 Å². The van der Waals surface area contributed by atoms with E-state index in [0.29, 0.717) is 6.54 Å². The van der Waals surface area contributed by atoms with Crippen LogP contribution >= 0.6 is 0 Å². The average molecular weight is 419 g/mol.